The van der Waals surface area contributed by atoms with Crippen LogP contribution >= 0.6 is 0 Å². The van der Waals surface area contributed by atoms with E-state index in [1.54, 1.807) is 13.3 Å². The summed E-state index contributed by atoms with van der Waals surface area (Å²) in [5.41, 5.74) is 6.87. The van der Waals surface area contributed by atoms with Crippen LogP contribution in [0.4, 0.5) is 4.79 Å². The number of hydrogen-bond donors (Lipinski definition) is 4. The highest BCUT2D eigenvalue weighted by molar-refractivity contribution is 5.86. The molecule has 13 heteroatoms. The van der Waals surface area contributed by atoms with Crippen LogP contribution in [-0.4, -0.2) is 74.5 Å². The van der Waals surface area contributed by atoms with Gasteiger partial charge in [0.15, 0.2) is 0 Å². The fourth-order valence-corrected chi connectivity index (χ4v) is 9.29. The van der Waals surface area contributed by atoms with E-state index >= 15 is 0 Å². The van der Waals surface area contributed by atoms with Gasteiger partial charge in [-0.1, -0.05) is 68.4 Å². The fourth-order valence-electron chi connectivity index (χ4n) is 9.29. The highest BCUT2D eigenvalue weighted by Crippen LogP contribution is 2.56. The summed E-state index contributed by atoms with van der Waals surface area (Å²) in [6.45, 7) is 4.79. The van der Waals surface area contributed by atoms with Crippen LogP contribution in [0, 0.1) is 23.7 Å². The topological polar surface area (TPSA) is 167 Å². The van der Waals surface area contributed by atoms with Crippen molar-refractivity contribution in [2.45, 2.75) is 70.5 Å². The first kappa shape index (κ1) is 37.9. The minimum absolute atomic E-state index is 0.0594. The summed E-state index contributed by atoms with van der Waals surface area (Å²) in [5, 5.41) is 5.87. The SMILES string of the molecule is COC(=O)N[C@H](C(=O)N1CCC[C@H]1c1ncc(-c2ccc(-c3ccc(-c4cnc([C@H]5C6CCC(C6)[C@@H]5C(=O)NCc5cccnc5OC)[nH]4)cc3)cc2)[nH]1)C(C)C. The number of methoxy groups -OCH3 is 2. The van der Waals surface area contributed by atoms with E-state index in [0.29, 0.717) is 30.8 Å². The Balaban J connectivity index is 0.916. The lowest BCUT2D eigenvalue weighted by atomic mass is 9.78. The van der Waals surface area contributed by atoms with E-state index in [4.69, 9.17) is 14.5 Å². The summed E-state index contributed by atoms with van der Waals surface area (Å²) in [5.74, 6) is 2.73. The molecule has 2 aliphatic carbocycles. The third-order valence-electron chi connectivity index (χ3n) is 12.2. The molecule has 2 unspecified atom stereocenters. The van der Waals surface area contributed by atoms with Crippen molar-refractivity contribution in [3.63, 3.8) is 0 Å². The zero-order valence-electron chi connectivity index (χ0n) is 32.8. The number of rotatable bonds is 12. The number of aromatic amines is 2. The molecule has 2 saturated carbocycles. The average Bonchev–Trinajstić information content (AvgIpc) is 4.10. The Morgan fingerprint density at radius 2 is 1.46 bits per heavy atom. The van der Waals surface area contributed by atoms with Gasteiger partial charge in [0.2, 0.25) is 17.7 Å². The highest BCUT2D eigenvalue weighted by Gasteiger charge is 2.52. The maximum absolute atomic E-state index is 13.7. The molecule has 5 aromatic rings. The van der Waals surface area contributed by atoms with Crippen LogP contribution in [0.1, 0.15) is 75.1 Å². The number of likely N-dealkylation sites (tertiary alicyclic amines) is 1. The number of fused-ring (bicyclic) bond motifs is 2. The van der Waals surface area contributed by atoms with Crippen LogP contribution in [0.3, 0.4) is 0 Å². The van der Waals surface area contributed by atoms with Crippen LogP contribution in [0.2, 0.25) is 0 Å². The predicted octanol–water partition coefficient (Wildman–Crippen LogP) is 7.03. The lowest BCUT2D eigenvalue weighted by Gasteiger charge is -2.30. The van der Waals surface area contributed by atoms with Gasteiger partial charge < -0.3 is 35.0 Å². The quantitative estimate of drug-likeness (QED) is 0.105. The van der Waals surface area contributed by atoms with Gasteiger partial charge >= 0.3 is 6.09 Å². The third-order valence-corrected chi connectivity index (χ3v) is 12.2. The number of H-pyrrole nitrogens is 2. The van der Waals surface area contributed by atoms with E-state index in [1.165, 1.54) is 7.11 Å². The van der Waals surface area contributed by atoms with Crippen molar-refractivity contribution >= 4 is 17.9 Å². The minimum atomic E-state index is -0.680. The molecule has 3 amide bonds. The molecule has 0 radical (unpaired) electrons. The maximum atomic E-state index is 13.7. The Labute approximate surface area is 332 Å². The predicted molar refractivity (Wildman–Crippen MR) is 215 cm³/mol. The van der Waals surface area contributed by atoms with E-state index in [2.05, 4.69) is 79.1 Å². The summed E-state index contributed by atoms with van der Waals surface area (Å²) in [7, 11) is 2.89. The number of carbonyl (C=O) groups is 3. The molecular weight excluding hydrogens is 721 g/mol. The Kier molecular flexibility index (Phi) is 10.8. The first-order valence-corrected chi connectivity index (χ1v) is 19.9. The largest absolute Gasteiger partial charge is 0.481 e. The summed E-state index contributed by atoms with van der Waals surface area (Å²) < 4.78 is 10.1. The summed E-state index contributed by atoms with van der Waals surface area (Å²) in [6.07, 6.45) is 9.68. The maximum Gasteiger partial charge on any atom is 0.407 e. The van der Waals surface area contributed by atoms with Crippen molar-refractivity contribution in [2.24, 2.45) is 23.7 Å². The fraction of sp³-hybridized carbons (Fsp3) is 0.409. The summed E-state index contributed by atoms with van der Waals surface area (Å²) in [4.78, 5) is 61.8. The molecule has 3 aromatic heterocycles. The zero-order valence-corrected chi connectivity index (χ0v) is 32.8. The van der Waals surface area contributed by atoms with Crippen molar-refractivity contribution in [1.29, 1.82) is 0 Å². The summed E-state index contributed by atoms with van der Waals surface area (Å²) >= 11 is 0. The average molecular weight is 771 g/mol. The molecule has 57 heavy (non-hydrogen) atoms. The Hall–Kier alpha value is -5.98. The van der Waals surface area contributed by atoms with Crippen molar-refractivity contribution in [2.75, 3.05) is 20.8 Å². The number of alkyl carbamates (subject to hydrolysis) is 1. The second kappa shape index (κ2) is 16.2. The molecule has 4 heterocycles. The van der Waals surface area contributed by atoms with Crippen LogP contribution in [0.5, 0.6) is 5.88 Å². The molecule has 1 saturated heterocycles. The molecule has 6 atom stereocenters. The number of carbonyl (C=O) groups excluding carboxylic acids is 3. The normalized spacial score (nSPS) is 21.8. The van der Waals surface area contributed by atoms with Crippen LogP contribution in [-0.2, 0) is 20.9 Å². The number of aromatic nitrogens is 5. The van der Waals surface area contributed by atoms with E-state index in [9.17, 15) is 14.4 Å². The minimum Gasteiger partial charge on any atom is -0.481 e. The molecule has 8 rings (SSSR count). The van der Waals surface area contributed by atoms with E-state index < -0.39 is 12.1 Å². The van der Waals surface area contributed by atoms with Gasteiger partial charge in [-0.3, -0.25) is 9.59 Å². The van der Waals surface area contributed by atoms with Crippen molar-refractivity contribution < 1.29 is 23.9 Å². The molecule has 2 bridgehead atoms. The van der Waals surface area contributed by atoms with Gasteiger partial charge in [-0.05, 0) is 78.2 Å². The number of nitrogens with one attached hydrogen (secondary N) is 4. The lowest BCUT2D eigenvalue weighted by Crippen LogP contribution is -2.51. The van der Waals surface area contributed by atoms with E-state index in [-0.39, 0.29) is 35.6 Å². The monoisotopic (exact) mass is 770 g/mol. The zero-order chi connectivity index (χ0) is 39.6. The number of hydrogen-bond acceptors (Lipinski definition) is 8. The highest BCUT2D eigenvalue weighted by atomic mass is 16.5. The number of pyridine rings is 1. The molecule has 0 spiro atoms. The molecule has 2 aromatic carbocycles. The van der Waals surface area contributed by atoms with Gasteiger partial charge in [0.1, 0.15) is 17.7 Å². The second-order valence-corrected chi connectivity index (χ2v) is 15.8. The molecule has 296 valence electrons. The Morgan fingerprint density at radius 1 is 0.825 bits per heavy atom. The number of ether oxygens (including phenoxy) is 2. The molecular formula is C44H50N8O5. The molecule has 3 fully saturated rings. The molecule has 1 aliphatic heterocycles. The van der Waals surface area contributed by atoms with Gasteiger partial charge in [0.25, 0.3) is 0 Å². The van der Waals surface area contributed by atoms with Gasteiger partial charge in [0.05, 0.1) is 50.0 Å². The van der Waals surface area contributed by atoms with Crippen molar-refractivity contribution in [3.8, 4) is 39.5 Å². The van der Waals surface area contributed by atoms with Gasteiger partial charge in [-0.15, -0.1) is 0 Å². The van der Waals surface area contributed by atoms with E-state index in [0.717, 1.165) is 83.0 Å². The first-order valence-electron chi connectivity index (χ1n) is 19.9. The number of benzene rings is 2. The van der Waals surface area contributed by atoms with Crippen molar-refractivity contribution in [1.82, 2.24) is 40.5 Å². The number of amides is 3. The second-order valence-electron chi connectivity index (χ2n) is 15.8. The van der Waals surface area contributed by atoms with Crippen molar-refractivity contribution in [3.05, 3.63) is 96.5 Å². The Bertz CT molecular complexity index is 2210. The van der Waals surface area contributed by atoms with Crippen LogP contribution in [0.25, 0.3) is 33.6 Å². The molecule has 3 aliphatic rings. The van der Waals surface area contributed by atoms with Gasteiger partial charge in [0, 0.05) is 30.8 Å². The lowest BCUT2D eigenvalue weighted by molar-refractivity contribution is -0.135. The smallest absolute Gasteiger partial charge is 0.407 e. The van der Waals surface area contributed by atoms with Crippen LogP contribution < -0.4 is 15.4 Å². The standard InChI is InChI=1S/C44H50N8O5/c1-25(2)38(51-44(55)57-4)43(54)52-20-6-8-35(52)39-46-23-33(49-39)28-13-9-26(10-14-28)27-11-15-29(16-12-27)34-24-47-40(50-34)36-30-17-18-31(21-30)37(36)41(53)48-22-32-7-5-19-45-42(32)56-3/h5,7,9-16,19,23-25,30-31,35-38H,6,8,17-18,20-22H2,1-4H3,(H,46,49)(H,47,50)(H,48,53)(H,51,55)/t30?,31?,35-,36-,37-,38-/m0/s1. The number of imidazole rings is 2. The molecule has 4 N–H and O–H groups in total. The Morgan fingerprint density at radius 3 is 2.11 bits per heavy atom. The number of nitrogens with zero attached hydrogens (tertiary/aromatic N) is 4. The third kappa shape index (κ3) is 7.62. The van der Waals surface area contributed by atoms with E-state index in [1.807, 2.05) is 43.3 Å². The van der Waals surface area contributed by atoms with Gasteiger partial charge in [-0.25, -0.2) is 19.7 Å². The van der Waals surface area contributed by atoms with Crippen LogP contribution in [0.15, 0.2) is 79.3 Å². The first-order chi connectivity index (χ1) is 27.7. The molecule has 13 nitrogen and oxygen atoms in total. The van der Waals surface area contributed by atoms with Gasteiger partial charge in [-0.2, -0.15) is 0 Å². The summed E-state index contributed by atoms with van der Waals surface area (Å²) in [6, 6.07) is 19.7.